The molecule has 3 heteroatoms. The average Bonchev–Trinajstić information content (AvgIpc) is 3.00. The van der Waals surface area contributed by atoms with E-state index in [0.29, 0.717) is 6.61 Å². The second-order valence-corrected chi connectivity index (χ2v) is 6.31. The van der Waals surface area contributed by atoms with Gasteiger partial charge in [0, 0.05) is 24.3 Å². The Morgan fingerprint density at radius 2 is 2.17 bits per heavy atom. The van der Waals surface area contributed by atoms with Crippen molar-refractivity contribution in [1.82, 2.24) is 5.32 Å². The number of hydrogen-bond acceptors (Lipinski definition) is 3. The quantitative estimate of drug-likeness (QED) is 0.753. The molecule has 0 bridgehead atoms. The molecule has 102 valence electrons. The Bertz CT molecular complexity index is 361. The topological polar surface area (TPSA) is 34.4 Å². The van der Waals surface area contributed by atoms with Crippen LogP contribution in [0.5, 0.6) is 0 Å². The van der Waals surface area contributed by atoms with Gasteiger partial charge in [-0.05, 0) is 39.2 Å². The molecule has 0 unspecified atom stereocenters. The van der Waals surface area contributed by atoms with E-state index in [-0.39, 0.29) is 5.54 Å². The Labute approximate surface area is 110 Å². The van der Waals surface area contributed by atoms with Gasteiger partial charge in [0.1, 0.15) is 12.4 Å². The minimum atomic E-state index is 0.137. The fraction of sp³-hybridized carbons (Fsp3) is 0.733. The molecule has 1 aliphatic carbocycles. The molecule has 2 rings (SSSR count). The Hall–Kier alpha value is -0.800. The minimum absolute atomic E-state index is 0.137. The van der Waals surface area contributed by atoms with Crippen molar-refractivity contribution in [2.75, 3.05) is 6.61 Å². The zero-order valence-corrected chi connectivity index (χ0v) is 11.8. The molecular formula is C15H25NO2. The van der Waals surface area contributed by atoms with Crippen molar-refractivity contribution in [3.05, 3.63) is 23.7 Å². The molecule has 1 saturated carbocycles. The summed E-state index contributed by atoms with van der Waals surface area (Å²) >= 11 is 0. The Kier molecular flexibility index (Phi) is 4.46. The molecule has 0 aromatic carbocycles. The van der Waals surface area contributed by atoms with Gasteiger partial charge < -0.3 is 14.5 Å². The number of furan rings is 1. The molecule has 1 heterocycles. The summed E-state index contributed by atoms with van der Waals surface area (Å²) in [5, 5.41) is 3.44. The van der Waals surface area contributed by atoms with Crippen LogP contribution in [0.3, 0.4) is 0 Å². The number of ether oxygens (including phenoxy) is 1. The highest BCUT2D eigenvalue weighted by molar-refractivity contribution is 5.12. The smallest absolute Gasteiger partial charge is 0.129 e. The van der Waals surface area contributed by atoms with Crippen molar-refractivity contribution in [2.45, 2.75) is 58.7 Å². The predicted octanol–water partition coefficient (Wildman–Crippen LogP) is 3.48. The monoisotopic (exact) mass is 251 g/mol. The van der Waals surface area contributed by atoms with E-state index >= 15 is 0 Å². The SMILES string of the molecule is CC(C)(C)NCc1coc(COCCC2CC2)c1. The van der Waals surface area contributed by atoms with Gasteiger partial charge in [0.25, 0.3) is 0 Å². The standard InChI is InChI=1S/C15H25NO2/c1-15(2,3)16-9-13-8-14(18-10-13)11-17-7-6-12-4-5-12/h8,10,12,16H,4-7,9,11H2,1-3H3. The van der Waals surface area contributed by atoms with Crippen molar-refractivity contribution >= 4 is 0 Å². The lowest BCUT2D eigenvalue weighted by Gasteiger charge is -2.19. The molecule has 1 N–H and O–H groups in total. The molecule has 0 amide bonds. The summed E-state index contributed by atoms with van der Waals surface area (Å²) in [7, 11) is 0. The van der Waals surface area contributed by atoms with E-state index in [1.807, 2.05) is 6.26 Å². The van der Waals surface area contributed by atoms with E-state index in [9.17, 15) is 0 Å². The van der Waals surface area contributed by atoms with Gasteiger partial charge in [-0.15, -0.1) is 0 Å². The molecule has 1 aromatic heterocycles. The summed E-state index contributed by atoms with van der Waals surface area (Å²) in [6.07, 6.45) is 5.82. The van der Waals surface area contributed by atoms with Crippen LogP contribution in [0.25, 0.3) is 0 Å². The van der Waals surface area contributed by atoms with Gasteiger partial charge >= 0.3 is 0 Å². The zero-order chi connectivity index (χ0) is 13.0. The number of hydrogen-bond donors (Lipinski definition) is 1. The van der Waals surface area contributed by atoms with Crippen LogP contribution in [0.2, 0.25) is 0 Å². The van der Waals surface area contributed by atoms with Gasteiger partial charge in [-0.2, -0.15) is 0 Å². The van der Waals surface area contributed by atoms with Crippen LogP contribution in [-0.4, -0.2) is 12.1 Å². The summed E-state index contributed by atoms with van der Waals surface area (Å²) in [5.74, 6) is 1.87. The fourth-order valence-electron chi connectivity index (χ4n) is 1.79. The van der Waals surface area contributed by atoms with Crippen LogP contribution in [0.15, 0.2) is 16.7 Å². The third-order valence-corrected chi connectivity index (χ3v) is 3.14. The minimum Gasteiger partial charge on any atom is -0.467 e. The van der Waals surface area contributed by atoms with Crippen LogP contribution in [-0.2, 0) is 17.9 Å². The molecule has 3 nitrogen and oxygen atoms in total. The van der Waals surface area contributed by atoms with E-state index in [1.54, 1.807) is 0 Å². The van der Waals surface area contributed by atoms with Crippen LogP contribution in [0.4, 0.5) is 0 Å². The summed E-state index contributed by atoms with van der Waals surface area (Å²) < 4.78 is 11.1. The average molecular weight is 251 g/mol. The molecule has 1 aromatic rings. The van der Waals surface area contributed by atoms with Gasteiger partial charge in [-0.3, -0.25) is 0 Å². The van der Waals surface area contributed by atoms with E-state index in [0.717, 1.165) is 24.8 Å². The van der Waals surface area contributed by atoms with Crippen molar-refractivity contribution < 1.29 is 9.15 Å². The maximum Gasteiger partial charge on any atom is 0.129 e. The van der Waals surface area contributed by atoms with Crippen LogP contribution < -0.4 is 5.32 Å². The van der Waals surface area contributed by atoms with Gasteiger partial charge in [0.2, 0.25) is 0 Å². The van der Waals surface area contributed by atoms with E-state index in [1.165, 1.54) is 24.8 Å². The second kappa shape index (κ2) is 5.89. The summed E-state index contributed by atoms with van der Waals surface area (Å²) in [6, 6.07) is 2.08. The van der Waals surface area contributed by atoms with E-state index < -0.39 is 0 Å². The third-order valence-electron chi connectivity index (χ3n) is 3.14. The van der Waals surface area contributed by atoms with Crippen LogP contribution >= 0.6 is 0 Å². The first kappa shape index (κ1) is 13.6. The summed E-state index contributed by atoms with van der Waals surface area (Å²) in [6.45, 7) is 8.79. The third kappa shape index (κ3) is 5.23. The van der Waals surface area contributed by atoms with Crippen LogP contribution in [0, 0.1) is 5.92 Å². The molecule has 1 aliphatic rings. The molecule has 0 saturated heterocycles. The first-order valence-corrected chi connectivity index (χ1v) is 6.92. The molecular weight excluding hydrogens is 226 g/mol. The Morgan fingerprint density at radius 1 is 1.39 bits per heavy atom. The molecule has 1 fully saturated rings. The normalized spacial score (nSPS) is 16.2. The van der Waals surface area contributed by atoms with E-state index in [2.05, 4.69) is 32.2 Å². The number of rotatable bonds is 7. The maximum absolute atomic E-state index is 5.62. The van der Waals surface area contributed by atoms with Gasteiger partial charge in [0.15, 0.2) is 0 Å². The second-order valence-electron chi connectivity index (χ2n) is 6.31. The van der Waals surface area contributed by atoms with Crippen molar-refractivity contribution in [3.8, 4) is 0 Å². The lowest BCUT2D eigenvalue weighted by atomic mass is 10.1. The highest BCUT2D eigenvalue weighted by Gasteiger charge is 2.20. The number of nitrogens with one attached hydrogen (secondary N) is 1. The Morgan fingerprint density at radius 3 is 2.83 bits per heavy atom. The van der Waals surface area contributed by atoms with Gasteiger partial charge in [-0.1, -0.05) is 12.8 Å². The van der Waals surface area contributed by atoms with Crippen molar-refractivity contribution in [2.24, 2.45) is 5.92 Å². The van der Waals surface area contributed by atoms with E-state index in [4.69, 9.17) is 9.15 Å². The lowest BCUT2D eigenvalue weighted by molar-refractivity contribution is 0.101. The fourth-order valence-corrected chi connectivity index (χ4v) is 1.79. The lowest BCUT2D eigenvalue weighted by Crippen LogP contribution is -2.34. The molecule has 0 radical (unpaired) electrons. The van der Waals surface area contributed by atoms with Gasteiger partial charge in [-0.25, -0.2) is 0 Å². The highest BCUT2D eigenvalue weighted by atomic mass is 16.5. The first-order chi connectivity index (χ1) is 8.53. The Balaban J connectivity index is 1.65. The summed E-state index contributed by atoms with van der Waals surface area (Å²) in [5.41, 5.74) is 1.32. The molecule has 18 heavy (non-hydrogen) atoms. The summed E-state index contributed by atoms with van der Waals surface area (Å²) in [4.78, 5) is 0. The first-order valence-electron chi connectivity index (χ1n) is 6.92. The predicted molar refractivity (Wildman–Crippen MR) is 72.3 cm³/mol. The maximum atomic E-state index is 5.62. The molecule has 0 atom stereocenters. The van der Waals surface area contributed by atoms with Crippen molar-refractivity contribution in [1.29, 1.82) is 0 Å². The van der Waals surface area contributed by atoms with Crippen molar-refractivity contribution in [3.63, 3.8) is 0 Å². The largest absolute Gasteiger partial charge is 0.467 e. The van der Waals surface area contributed by atoms with Gasteiger partial charge in [0.05, 0.1) is 6.26 Å². The molecule has 0 spiro atoms. The van der Waals surface area contributed by atoms with Crippen LogP contribution in [0.1, 0.15) is 51.4 Å². The highest BCUT2D eigenvalue weighted by Crippen LogP contribution is 2.32. The zero-order valence-electron chi connectivity index (χ0n) is 11.8. The molecule has 0 aliphatic heterocycles.